The third-order valence-corrected chi connectivity index (χ3v) is 1.81. The Morgan fingerprint density at radius 3 is 1.81 bits per heavy atom. The van der Waals surface area contributed by atoms with Crippen LogP contribution in [0.2, 0.25) is 0 Å². The summed E-state index contributed by atoms with van der Waals surface area (Å²) in [4.78, 5) is 7.05. The van der Waals surface area contributed by atoms with Crippen molar-refractivity contribution in [3.8, 4) is 11.8 Å². The Labute approximate surface area is 92.0 Å². The van der Waals surface area contributed by atoms with E-state index in [1.807, 2.05) is 0 Å². The molecule has 0 bridgehead atoms. The summed E-state index contributed by atoms with van der Waals surface area (Å²) >= 11 is 0.979. The summed E-state index contributed by atoms with van der Waals surface area (Å²) in [6, 6.07) is 0.762. The molecule has 0 aromatic carbocycles. The summed E-state index contributed by atoms with van der Waals surface area (Å²) in [6.07, 6.45) is 1.55. The van der Waals surface area contributed by atoms with Crippen molar-refractivity contribution in [2.24, 2.45) is 0 Å². The Balaban J connectivity index is 2.91. The molecule has 1 aromatic heterocycles. The van der Waals surface area contributed by atoms with Crippen LogP contribution in [-0.4, -0.2) is 29.4 Å². The molecule has 4 nitrogen and oxygen atoms in total. The number of aromatic nitrogens is 2. The summed E-state index contributed by atoms with van der Waals surface area (Å²) in [5, 5.41) is -0.00574. The van der Waals surface area contributed by atoms with Gasteiger partial charge in [0.1, 0.15) is 0 Å². The van der Waals surface area contributed by atoms with Gasteiger partial charge in [-0.05, 0) is 6.26 Å². The molecular weight excluding hydrogens is 252 g/mol. The molecule has 0 aliphatic rings. The fraction of sp³-hybridized carbons (Fsp3) is 0.429. The van der Waals surface area contributed by atoms with Crippen LogP contribution in [0.15, 0.2) is 11.2 Å². The molecule has 0 unspecified atom stereocenters. The van der Waals surface area contributed by atoms with Crippen molar-refractivity contribution in [3.63, 3.8) is 0 Å². The SMILES string of the molecule is CSc1nc(OC(F)F)cc(OC(F)F)n1. The van der Waals surface area contributed by atoms with E-state index in [0.717, 1.165) is 17.8 Å². The van der Waals surface area contributed by atoms with Gasteiger partial charge in [0.15, 0.2) is 5.16 Å². The van der Waals surface area contributed by atoms with Crippen molar-refractivity contribution in [2.45, 2.75) is 18.4 Å². The molecule has 0 aliphatic heterocycles. The van der Waals surface area contributed by atoms with Gasteiger partial charge in [-0.15, -0.1) is 0 Å². The first kappa shape index (κ1) is 12.8. The van der Waals surface area contributed by atoms with Gasteiger partial charge in [-0.25, -0.2) is 0 Å². The number of nitrogens with zero attached hydrogens (tertiary/aromatic N) is 2. The van der Waals surface area contributed by atoms with Gasteiger partial charge < -0.3 is 9.47 Å². The molecule has 1 heterocycles. The van der Waals surface area contributed by atoms with Crippen LogP contribution in [0.3, 0.4) is 0 Å². The Hall–Kier alpha value is -1.25. The number of hydrogen-bond donors (Lipinski definition) is 0. The van der Waals surface area contributed by atoms with E-state index in [9.17, 15) is 17.6 Å². The smallest absolute Gasteiger partial charge is 0.388 e. The van der Waals surface area contributed by atoms with E-state index in [1.54, 1.807) is 6.26 Å². The van der Waals surface area contributed by atoms with E-state index < -0.39 is 25.0 Å². The minimum absolute atomic E-state index is 0.00574. The Bertz CT molecular complexity index is 325. The topological polar surface area (TPSA) is 44.2 Å². The zero-order chi connectivity index (χ0) is 12.1. The largest absolute Gasteiger partial charge is 0.417 e. The summed E-state index contributed by atoms with van der Waals surface area (Å²) in [7, 11) is 0. The third-order valence-electron chi connectivity index (χ3n) is 1.26. The van der Waals surface area contributed by atoms with Gasteiger partial charge in [-0.1, -0.05) is 11.8 Å². The summed E-state index contributed by atoms with van der Waals surface area (Å²) < 4.78 is 55.4. The van der Waals surface area contributed by atoms with Gasteiger partial charge in [-0.2, -0.15) is 27.5 Å². The van der Waals surface area contributed by atoms with Gasteiger partial charge in [-0.3, -0.25) is 0 Å². The lowest BCUT2D eigenvalue weighted by Gasteiger charge is -2.07. The zero-order valence-electron chi connectivity index (χ0n) is 7.86. The van der Waals surface area contributed by atoms with Gasteiger partial charge in [0, 0.05) is 0 Å². The van der Waals surface area contributed by atoms with Gasteiger partial charge in [0.05, 0.1) is 6.07 Å². The van der Waals surface area contributed by atoms with E-state index in [0.29, 0.717) is 0 Å². The molecule has 1 aromatic rings. The second-order valence-electron chi connectivity index (χ2n) is 2.29. The van der Waals surface area contributed by atoms with E-state index in [2.05, 4.69) is 19.4 Å². The molecule has 90 valence electrons. The molecule has 16 heavy (non-hydrogen) atoms. The quantitative estimate of drug-likeness (QED) is 0.461. The second-order valence-corrected chi connectivity index (χ2v) is 3.06. The average Bonchev–Trinajstić information content (AvgIpc) is 2.14. The van der Waals surface area contributed by atoms with Crippen molar-refractivity contribution in [1.82, 2.24) is 9.97 Å². The van der Waals surface area contributed by atoms with E-state index in [-0.39, 0.29) is 5.16 Å². The van der Waals surface area contributed by atoms with Crippen LogP contribution in [0.25, 0.3) is 0 Å². The molecule has 0 radical (unpaired) electrons. The minimum Gasteiger partial charge on any atom is -0.417 e. The van der Waals surface area contributed by atoms with Crippen molar-refractivity contribution >= 4 is 11.8 Å². The molecule has 0 N–H and O–H groups in total. The first-order chi connectivity index (χ1) is 7.51. The first-order valence-electron chi connectivity index (χ1n) is 3.84. The molecule has 0 spiro atoms. The van der Waals surface area contributed by atoms with Crippen LogP contribution in [0.5, 0.6) is 11.8 Å². The Kier molecular flexibility index (Phi) is 4.59. The van der Waals surface area contributed by atoms with E-state index in [1.165, 1.54) is 0 Å². The van der Waals surface area contributed by atoms with Crippen molar-refractivity contribution in [1.29, 1.82) is 0 Å². The van der Waals surface area contributed by atoms with Gasteiger partial charge in [0.25, 0.3) is 0 Å². The van der Waals surface area contributed by atoms with Crippen LogP contribution in [0.1, 0.15) is 0 Å². The van der Waals surface area contributed by atoms with E-state index >= 15 is 0 Å². The second kappa shape index (κ2) is 5.73. The molecule has 0 atom stereocenters. The number of alkyl halides is 4. The van der Waals surface area contributed by atoms with Crippen molar-refractivity contribution < 1.29 is 27.0 Å². The van der Waals surface area contributed by atoms with Crippen LogP contribution in [0, 0.1) is 0 Å². The molecule has 9 heteroatoms. The van der Waals surface area contributed by atoms with Crippen LogP contribution in [0.4, 0.5) is 17.6 Å². The molecule has 1 rings (SSSR count). The normalized spacial score (nSPS) is 10.9. The highest BCUT2D eigenvalue weighted by molar-refractivity contribution is 7.98. The minimum atomic E-state index is -3.09. The molecular formula is C7H6F4N2O2S. The number of hydrogen-bond acceptors (Lipinski definition) is 5. The molecule has 0 aliphatic carbocycles. The standard InChI is InChI=1S/C7H6F4N2O2S/c1-16-7-12-3(14-5(8)9)2-4(13-7)15-6(10)11/h2,5-6H,1H3. The van der Waals surface area contributed by atoms with Crippen LogP contribution < -0.4 is 9.47 Å². The third kappa shape index (κ3) is 4.09. The fourth-order valence-corrected chi connectivity index (χ4v) is 1.14. The lowest BCUT2D eigenvalue weighted by atomic mass is 10.6. The fourth-order valence-electron chi connectivity index (χ4n) is 0.778. The van der Waals surface area contributed by atoms with Gasteiger partial charge in [0.2, 0.25) is 11.8 Å². The highest BCUT2D eigenvalue weighted by Crippen LogP contribution is 2.22. The average molecular weight is 258 g/mol. The number of rotatable bonds is 5. The first-order valence-corrected chi connectivity index (χ1v) is 5.06. The number of ether oxygens (including phenoxy) is 2. The molecule has 0 saturated carbocycles. The lowest BCUT2D eigenvalue weighted by Crippen LogP contribution is -2.08. The highest BCUT2D eigenvalue weighted by atomic mass is 32.2. The summed E-state index contributed by atoms with van der Waals surface area (Å²) in [5.74, 6) is -1.05. The molecule has 0 saturated heterocycles. The van der Waals surface area contributed by atoms with E-state index in [4.69, 9.17) is 0 Å². The van der Waals surface area contributed by atoms with Crippen molar-refractivity contribution in [2.75, 3.05) is 6.26 Å². The summed E-state index contributed by atoms with van der Waals surface area (Å²) in [6.45, 7) is -6.19. The predicted molar refractivity (Wildman–Crippen MR) is 47.1 cm³/mol. The summed E-state index contributed by atoms with van der Waals surface area (Å²) in [5.41, 5.74) is 0. The molecule has 0 amide bonds. The number of thioether (sulfide) groups is 1. The number of halogens is 4. The maximum atomic E-state index is 11.9. The lowest BCUT2D eigenvalue weighted by molar-refractivity contribution is -0.0589. The van der Waals surface area contributed by atoms with Gasteiger partial charge >= 0.3 is 13.2 Å². The Morgan fingerprint density at radius 1 is 1.06 bits per heavy atom. The maximum absolute atomic E-state index is 11.9. The Morgan fingerprint density at radius 2 is 1.50 bits per heavy atom. The maximum Gasteiger partial charge on any atom is 0.388 e. The van der Waals surface area contributed by atoms with Crippen molar-refractivity contribution in [3.05, 3.63) is 6.07 Å². The zero-order valence-corrected chi connectivity index (χ0v) is 8.68. The highest BCUT2D eigenvalue weighted by Gasteiger charge is 2.13. The van der Waals surface area contributed by atoms with Crippen LogP contribution in [-0.2, 0) is 0 Å². The predicted octanol–water partition coefficient (Wildman–Crippen LogP) is 2.40. The molecule has 0 fully saturated rings. The van der Waals surface area contributed by atoms with Crippen LogP contribution >= 0.6 is 11.8 Å². The monoisotopic (exact) mass is 258 g/mol.